The SMILES string of the molecule is Cn1cc2c3cc(Cl)ccc3nc-2c2cc(Cl)ccc21. The molecule has 0 fully saturated rings. The van der Waals surface area contributed by atoms with Crippen molar-refractivity contribution in [2.24, 2.45) is 7.05 Å². The van der Waals surface area contributed by atoms with Crippen LogP contribution >= 0.6 is 23.2 Å². The Morgan fingerprint density at radius 1 is 0.950 bits per heavy atom. The van der Waals surface area contributed by atoms with E-state index in [4.69, 9.17) is 28.2 Å². The van der Waals surface area contributed by atoms with E-state index in [0.29, 0.717) is 0 Å². The zero-order chi connectivity index (χ0) is 13.9. The topological polar surface area (TPSA) is 17.8 Å². The molecule has 98 valence electrons. The fourth-order valence-electron chi connectivity index (χ4n) is 2.73. The molecule has 0 radical (unpaired) electrons. The molecule has 2 heterocycles. The summed E-state index contributed by atoms with van der Waals surface area (Å²) in [6.45, 7) is 0. The van der Waals surface area contributed by atoms with Gasteiger partial charge >= 0.3 is 0 Å². The van der Waals surface area contributed by atoms with Crippen molar-refractivity contribution in [1.29, 1.82) is 0 Å². The van der Waals surface area contributed by atoms with E-state index < -0.39 is 0 Å². The summed E-state index contributed by atoms with van der Waals surface area (Å²) in [5.74, 6) is 0. The number of hydrogen-bond acceptors (Lipinski definition) is 1. The smallest absolute Gasteiger partial charge is 0.0824 e. The molecule has 0 aliphatic carbocycles. The minimum Gasteiger partial charge on any atom is -0.350 e. The van der Waals surface area contributed by atoms with Crippen molar-refractivity contribution in [2.75, 3.05) is 0 Å². The lowest BCUT2D eigenvalue weighted by atomic mass is 10.1. The fourth-order valence-corrected chi connectivity index (χ4v) is 3.08. The van der Waals surface area contributed by atoms with Gasteiger partial charge in [0.25, 0.3) is 0 Å². The summed E-state index contributed by atoms with van der Waals surface area (Å²) in [6.07, 6.45) is 2.09. The van der Waals surface area contributed by atoms with Gasteiger partial charge in [-0.05, 0) is 36.4 Å². The number of nitrogens with zero attached hydrogens (tertiary/aromatic N) is 2. The summed E-state index contributed by atoms with van der Waals surface area (Å²) >= 11 is 12.2. The van der Waals surface area contributed by atoms with Crippen molar-refractivity contribution in [3.05, 3.63) is 52.6 Å². The lowest BCUT2D eigenvalue weighted by Gasteiger charge is -2.10. The third-order valence-corrected chi connectivity index (χ3v) is 4.12. The molecule has 0 saturated carbocycles. The summed E-state index contributed by atoms with van der Waals surface area (Å²) < 4.78 is 2.09. The van der Waals surface area contributed by atoms with Crippen LogP contribution in [0.25, 0.3) is 33.1 Å². The summed E-state index contributed by atoms with van der Waals surface area (Å²) in [5.41, 5.74) is 4.13. The molecule has 2 aliphatic heterocycles. The highest BCUT2D eigenvalue weighted by Crippen LogP contribution is 2.37. The number of fused-ring (bicyclic) bond motifs is 5. The minimum absolute atomic E-state index is 0.718. The monoisotopic (exact) mass is 300 g/mol. The van der Waals surface area contributed by atoms with Crippen LogP contribution in [0.15, 0.2) is 42.6 Å². The molecule has 2 aromatic carbocycles. The summed E-state index contributed by atoms with van der Waals surface area (Å²) in [4.78, 5) is 4.74. The first-order valence-electron chi connectivity index (χ1n) is 6.27. The maximum atomic E-state index is 6.14. The first-order chi connectivity index (χ1) is 9.63. The molecule has 0 N–H and O–H groups in total. The van der Waals surface area contributed by atoms with Crippen molar-refractivity contribution in [1.82, 2.24) is 9.55 Å². The van der Waals surface area contributed by atoms with Crippen molar-refractivity contribution in [3.8, 4) is 11.3 Å². The molecule has 0 saturated heterocycles. The van der Waals surface area contributed by atoms with Gasteiger partial charge in [-0.3, -0.25) is 0 Å². The number of benzene rings is 2. The van der Waals surface area contributed by atoms with Crippen molar-refractivity contribution in [2.45, 2.75) is 0 Å². The van der Waals surface area contributed by atoms with Crippen molar-refractivity contribution in [3.63, 3.8) is 0 Å². The van der Waals surface area contributed by atoms with E-state index in [2.05, 4.69) is 10.8 Å². The third kappa shape index (κ3) is 1.62. The van der Waals surface area contributed by atoms with E-state index in [1.54, 1.807) is 0 Å². The van der Waals surface area contributed by atoms with E-state index in [-0.39, 0.29) is 0 Å². The Balaban J connectivity index is 2.25. The van der Waals surface area contributed by atoms with Gasteiger partial charge in [-0.25, -0.2) is 4.98 Å². The number of hydrogen-bond donors (Lipinski definition) is 0. The molecule has 0 bridgehead atoms. The van der Waals surface area contributed by atoms with E-state index in [0.717, 1.165) is 43.1 Å². The molecule has 20 heavy (non-hydrogen) atoms. The first-order valence-corrected chi connectivity index (χ1v) is 7.02. The summed E-state index contributed by atoms with van der Waals surface area (Å²) in [7, 11) is 2.03. The Kier molecular flexibility index (Phi) is 2.47. The van der Waals surface area contributed by atoms with Crippen LogP contribution in [-0.2, 0) is 7.05 Å². The maximum absolute atomic E-state index is 6.14. The number of rotatable bonds is 0. The van der Waals surface area contributed by atoms with Gasteiger partial charge in [0, 0.05) is 45.1 Å². The zero-order valence-electron chi connectivity index (χ0n) is 10.7. The van der Waals surface area contributed by atoms with Crippen LogP contribution in [-0.4, -0.2) is 9.55 Å². The van der Waals surface area contributed by atoms with Crippen LogP contribution in [0.3, 0.4) is 0 Å². The van der Waals surface area contributed by atoms with Gasteiger partial charge in [0.2, 0.25) is 0 Å². The van der Waals surface area contributed by atoms with Crippen LogP contribution in [0.1, 0.15) is 0 Å². The molecular weight excluding hydrogens is 291 g/mol. The number of pyridine rings is 1. The Morgan fingerprint density at radius 2 is 1.65 bits per heavy atom. The Bertz CT molecular complexity index is 940. The van der Waals surface area contributed by atoms with Gasteiger partial charge < -0.3 is 4.57 Å². The van der Waals surface area contributed by atoms with Crippen LogP contribution < -0.4 is 0 Å². The van der Waals surface area contributed by atoms with Gasteiger partial charge in [-0.15, -0.1) is 0 Å². The van der Waals surface area contributed by atoms with Crippen LogP contribution in [0, 0.1) is 0 Å². The predicted molar refractivity (Wildman–Crippen MR) is 84.9 cm³/mol. The minimum atomic E-state index is 0.718. The molecule has 2 aromatic rings. The molecular formula is C16H10Cl2N2. The van der Waals surface area contributed by atoms with Crippen LogP contribution in [0.4, 0.5) is 0 Å². The van der Waals surface area contributed by atoms with Crippen molar-refractivity contribution < 1.29 is 0 Å². The number of aryl methyl sites for hydroxylation is 1. The molecule has 0 aromatic heterocycles. The molecule has 0 amide bonds. The largest absolute Gasteiger partial charge is 0.350 e. The van der Waals surface area contributed by atoms with Gasteiger partial charge in [0.15, 0.2) is 0 Å². The second-order valence-electron chi connectivity index (χ2n) is 4.94. The van der Waals surface area contributed by atoms with E-state index in [1.165, 1.54) is 0 Å². The number of aromatic nitrogens is 2. The molecule has 0 spiro atoms. The highest BCUT2D eigenvalue weighted by atomic mass is 35.5. The average Bonchev–Trinajstić information content (AvgIpc) is 2.77. The van der Waals surface area contributed by atoms with Crippen LogP contribution in [0.2, 0.25) is 10.0 Å². The second kappa shape index (κ2) is 4.11. The van der Waals surface area contributed by atoms with Crippen LogP contribution in [0.5, 0.6) is 0 Å². The van der Waals surface area contributed by atoms with Crippen molar-refractivity contribution >= 4 is 45.0 Å². The van der Waals surface area contributed by atoms with E-state index >= 15 is 0 Å². The Morgan fingerprint density at radius 3 is 2.45 bits per heavy atom. The lowest BCUT2D eigenvalue weighted by Crippen LogP contribution is -1.95. The maximum Gasteiger partial charge on any atom is 0.0824 e. The zero-order valence-corrected chi connectivity index (χ0v) is 12.2. The summed E-state index contributed by atoms with van der Waals surface area (Å²) in [6, 6.07) is 11.7. The van der Waals surface area contributed by atoms with Gasteiger partial charge in [0.1, 0.15) is 0 Å². The predicted octanol–water partition coefficient (Wildman–Crippen LogP) is 5.14. The third-order valence-electron chi connectivity index (χ3n) is 3.65. The first kappa shape index (κ1) is 12.0. The second-order valence-corrected chi connectivity index (χ2v) is 5.81. The Labute approximate surface area is 125 Å². The van der Waals surface area contributed by atoms with Gasteiger partial charge in [0.05, 0.1) is 11.2 Å². The fraction of sp³-hybridized carbons (Fsp3) is 0.0625. The Hall–Kier alpha value is -1.77. The molecule has 4 heteroatoms. The molecule has 2 aliphatic rings. The normalized spacial score (nSPS) is 11.8. The lowest BCUT2D eigenvalue weighted by molar-refractivity contribution is 0.955. The van der Waals surface area contributed by atoms with Gasteiger partial charge in [-0.1, -0.05) is 23.2 Å². The molecule has 0 unspecified atom stereocenters. The number of halogens is 2. The molecule has 2 nitrogen and oxygen atoms in total. The molecule has 0 atom stereocenters. The average molecular weight is 301 g/mol. The highest BCUT2D eigenvalue weighted by Gasteiger charge is 2.17. The van der Waals surface area contributed by atoms with E-state index in [1.807, 2.05) is 43.4 Å². The standard InChI is InChI=1S/C16H10Cl2N2/c1-20-8-13-11-6-9(17)2-4-14(11)19-16(13)12-7-10(18)3-5-15(12)20/h2-8H,1H3. The molecule has 4 rings (SSSR count). The van der Waals surface area contributed by atoms with E-state index in [9.17, 15) is 0 Å². The highest BCUT2D eigenvalue weighted by molar-refractivity contribution is 6.32. The summed E-state index contributed by atoms with van der Waals surface area (Å²) in [5, 5.41) is 3.57. The quantitative estimate of drug-likeness (QED) is 0.440. The van der Waals surface area contributed by atoms with Gasteiger partial charge in [-0.2, -0.15) is 0 Å².